The average molecular weight is 444 g/mol. The van der Waals surface area contributed by atoms with Gasteiger partial charge in [-0.1, -0.05) is 54.6 Å². The summed E-state index contributed by atoms with van der Waals surface area (Å²) in [7, 11) is 8.23. The quantitative estimate of drug-likeness (QED) is 0.269. The van der Waals surface area contributed by atoms with Crippen LogP contribution < -0.4 is 9.80 Å². The Labute approximate surface area is 202 Å². The Morgan fingerprint density at radius 2 is 1.12 bits per heavy atom. The van der Waals surface area contributed by atoms with Crippen molar-refractivity contribution in [2.75, 3.05) is 38.0 Å². The fourth-order valence-corrected chi connectivity index (χ4v) is 4.37. The second kappa shape index (κ2) is 9.03. The predicted molar refractivity (Wildman–Crippen MR) is 148 cm³/mol. The molecule has 0 bridgehead atoms. The van der Waals surface area contributed by atoms with Crippen molar-refractivity contribution in [2.24, 2.45) is 4.99 Å². The molecular weight excluding hydrogens is 414 g/mol. The van der Waals surface area contributed by atoms with Crippen molar-refractivity contribution >= 4 is 34.9 Å². The summed E-state index contributed by atoms with van der Waals surface area (Å²) >= 11 is 0. The van der Waals surface area contributed by atoms with E-state index in [0.717, 1.165) is 11.3 Å². The van der Waals surface area contributed by atoms with Crippen molar-refractivity contribution in [1.82, 2.24) is 0 Å². The summed E-state index contributed by atoms with van der Waals surface area (Å²) in [6, 6.07) is 32.3. The van der Waals surface area contributed by atoms with E-state index < -0.39 is 0 Å². The first-order valence-electron chi connectivity index (χ1n) is 11.5. The van der Waals surface area contributed by atoms with Gasteiger partial charge in [-0.25, -0.2) is 0 Å². The Kier molecular flexibility index (Phi) is 5.77. The number of hydrogen-bond donors (Lipinski definition) is 0. The van der Waals surface area contributed by atoms with Crippen LogP contribution in [0.25, 0.3) is 22.8 Å². The van der Waals surface area contributed by atoms with Gasteiger partial charge in [0.15, 0.2) is 0 Å². The fourth-order valence-electron chi connectivity index (χ4n) is 4.37. The molecule has 3 heteroatoms. The first kappa shape index (κ1) is 21.7. The molecule has 5 rings (SSSR count). The minimum absolute atomic E-state index is 0.956. The lowest BCUT2D eigenvalue weighted by Crippen LogP contribution is -2.08. The van der Waals surface area contributed by atoms with E-state index in [1.807, 2.05) is 20.3 Å². The smallest absolute Gasteiger partial charge is 0.0636 e. The summed E-state index contributed by atoms with van der Waals surface area (Å²) in [5.74, 6) is 0. The first-order chi connectivity index (χ1) is 16.5. The van der Waals surface area contributed by atoms with Crippen LogP contribution >= 0.6 is 0 Å². The van der Waals surface area contributed by atoms with E-state index in [9.17, 15) is 0 Å². The Hall–Kier alpha value is -4.11. The Bertz CT molecular complexity index is 1380. The normalized spacial score (nSPS) is 13.2. The monoisotopic (exact) mass is 443 g/mol. The number of aliphatic imine (C=N–C) groups is 1. The van der Waals surface area contributed by atoms with Crippen LogP contribution in [0, 0.1) is 0 Å². The van der Waals surface area contributed by atoms with Gasteiger partial charge in [-0.3, -0.25) is 4.99 Å². The van der Waals surface area contributed by atoms with Crippen molar-refractivity contribution in [2.45, 2.75) is 0 Å². The van der Waals surface area contributed by atoms with Gasteiger partial charge in [-0.05, 0) is 81.4 Å². The van der Waals surface area contributed by atoms with Crippen molar-refractivity contribution in [3.05, 3.63) is 113 Å². The molecule has 0 atom stereocenters. The Morgan fingerprint density at radius 1 is 0.559 bits per heavy atom. The molecule has 4 aromatic rings. The largest absolute Gasteiger partial charge is 0.378 e. The molecule has 0 radical (unpaired) electrons. The summed E-state index contributed by atoms with van der Waals surface area (Å²) in [5.41, 5.74) is 11.9. The van der Waals surface area contributed by atoms with Gasteiger partial charge in [0.1, 0.15) is 0 Å². The highest BCUT2D eigenvalue weighted by atomic mass is 15.1. The molecule has 0 unspecified atom stereocenters. The van der Waals surface area contributed by atoms with Gasteiger partial charge < -0.3 is 9.80 Å². The third kappa shape index (κ3) is 4.25. The molecule has 0 heterocycles. The zero-order valence-corrected chi connectivity index (χ0v) is 20.2. The van der Waals surface area contributed by atoms with E-state index >= 15 is 0 Å². The van der Waals surface area contributed by atoms with Crippen molar-refractivity contribution < 1.29 is 0 Å². The molecule has 0 N–H and O–H groups in total. The average Bonchev–Trinajstić information content (AvgIpc) is 3.16. The molecule has 0 saturated heterocycles. The highest BCUT2D eigenvalue weighted by molar-refractivity contribution is 6.07. The second-order valence-corrected chi connectivity index (χ2v) is 9.06. The Morgan fingerprint density at radius 3 is 1.74 bits per heavy atom. The maximum Gasteiger partial charge on any atom is 0.0636 e. The zero-order chi connectivity index (χ0) is 23.7. The fraction of sp³-hybridized carbons (Fsp3) is 0.129. The minimum atomic E-state index is 0.956. The van der Waals surface area contributed by atoms with Crippen LogP contribution in [0.15, 0.2) is 96.0 Å². The second-order valence-electron chi connectivity index (χ2n) is 9.06. The summed E-state index contributed by atoms with van der Waals surface area (Å²) in [6.45, 7) is 0. The van der Waals surface area contributed by atoms with E-state index in [0.29, 0.717) is 0 Å². The lowest BCUT2D eigenvalue weighted by Gasteiger charge is -2.12. The summed E-state index contributed by atoms with van der Waals surface area (Å²) in [4.78, 5) is 9.01. The number of fused-ring (bicyclic) bond motifs is 3. The first-order valence-corrected chi connectivity index (χ1v) is 11.5. The lowest BCUT2D eigenvalue weighted by molar-refractivity contribution is 1.13. The number of anilines is 2. The molecule has 34 heavy (non-hydrogen) atoms. The van der Waals surface area contributed by atoms with Crippen molar-refractivity contribution in [3.63, 3.8) is 0 Å². The molecule has 3 nitrogen and oxygen atoms in total. The van der Waals surface area contributed by atoms with Crippen LogP contribution in [0.2, 0.25) is 0 Å². The van der Waals surface area contributed by atoms with Crippen LogP contribution in [-0.4, -0.2) is 34.4 Å². The standard InChI is InChI=1S/C31H29N3/c1-33(2)25-14-9-22(10-15-25)19-30-28-8-6-5-7-27(28)29-18-13-24(20-31(29)30)32-21-23-11-16-26(17-12-23)34(3)4/h5-21H,1-4H3/b30-19+,32-21?. The third-order valence-electron chi connectivity index (χ3n) is 6.29. The van der Waals surface area contributed by atoms with Crippen LogP contribution in [0.3, 0.4) is 0 Å². The summed E-state index contributed by atoms with van der Waals surface area (Å²) < 4.78 is 0. The van der Waals surface area contributed by atoms with E-state index in [4.69, 9.17) is 4.99 Å². The van der Waals surface area contributed by atoms with Crippen molar-refractivity contribution in [1.29, 1.82) is 0 Å². The maximum absolute atomic E-state index is 4.79. The maximum atomic E-state index is 4.79. The molecule has 0 saturated carbocycles. The van der Waals surface area contributed by atoms with E-state index in [1.165, 1.54) is 44.8 Å². The number of nitrogens with zero attached hydrogens (tertiary/aromatic N) is 3. The van der Waals surface area contributed by atoms with Gasteiger partial charge in [0.05, 0.1) is 5.69 Å². The molecule has 1 aliphatic rings. The number of benzene rings is 4. The molecule has 0 spiro atoms. The minimum Gasteiger partial charge on any atom is -0.378 e. The van der Waals surface area contributed by atoms with Crippen LogP contribution in [0.4, 0.5) is 17.1 Å². The third-order valence-corrected chi connectivity index (χ3v) is 6.29. The molecule has 1 aliphatic carbocycles. The molecule has 0 amide bonds. The van der Waals surface area contributed by atoms with Crippen LogP contribution in [0.1, 0.15) is 22.3 Å². The molecular formula is C31H29N3. The Balaban J connectivity index is 1.51. The van der Waals surface area contributed by atoms with Gasteiger partial charge in [0.25, 0.3) is 0 Å². The summed E-state index contributed by atoms with van der Waals surface area (Å²) in [6.07, 6.45) is 4.23. The van der Waals surface area contributed by atoms with Gasteiger partial charge >= 0.3 is 0 Å². The van der Waals surface area contributed by atoms with Gasteiger partial charge in [0.2, 0.25) is 0 Å². The molecule has 0 aliphatic heterocycles. The zero-order valence-electron chi connectivity index (χ0n) is 20.2. The van der Waals surface area contributed by atoms with E-state index in [1.54, 1.807) is 0 Å². The SMILES string of the molecule is CN(C)c1ccc(C=Nc2ccc3c(c2)/C(=C/c2ccc(N(C)C)cc2)c2ccccc2-3)cc1. The molecule has 0 fully saturated rings. The number of hydrogen-bond acceptors (Lipinski definition) is 3. The van der Waals surface area contributed by atoms with Gasteiger partial charge in [0, 0.05) is 45.8 Å². The molecule has 0 aromatic heterocycles. The topological polar surface area (TPSA) is 18.8 Å². The van der Waals surface area contributed by atoms with Gasteiger partial charge in [-0.15, -0.1) is 0 Å². The number of rotatable bonds is 5. The predicted octanol–water partition coefficient (Wildman–Crippen LogP) is 7.14. The highest BCUT2D eigenvalue weighted by Crippen LogP contribution is 2.46. The van der Waals surface area contributed by atoms with Crippen LogP contribution in [-0.2, 0) is 0 Å². The molecule has 4 aromatic carbocycles. The van der Waals surface area contributed by atoms with Crippen LogP contribution in [0.5, 0.6) is 0 Å². The summed E-state index contributed by atoms with van der Waals surface area (Å²) in [5, 5.41) is 0. The van der Waals surface area contributed by atoms with E-state index in [-0.39, 0.29) is 0 Å². The van der Waals surface area contributed by atoms with Crippen molar-refractivity contribution in [3.8, 4) is 11.1 Å². The lowest BCUT2D eigenvalue weighted by atomic mass is 10.0. The highest BCUT2D eigenvalue weighted by Gasteiger charge is 2.23. The van der Waals surface area contributed by atoms with Gasteiger partial charge in [-0.2, -0.15) is 0 Å². The molecule has 168 valence electrons. The van der Waals surface area contributed by atoms with E-state index in [2.05, 4.69) is 121 Å².